The minimum absolute atomic E-state index is 0.171. The van der Waals surface area contributed by atoms with Crippen LogP contribution in [0.1, 0.15) is 39.7 Å². The molecule has 1 aliphatic rings. The van der Waals surface area contributed by atoms with Crippen LogP contribution in [0.5, 0.6) is 0 Å². The molecule has 4 atom stereocenters. The number of hydrogen-bond acceptors (Lipinski definition) is 2. The van der Waals surface area contributed by atoms with Crippen molar-refractivity contribution >= 4 is 17.3 Å². The monoisotopic (exact) mass is 294 g/mol. The summed E-state index contributed by atoms with van der Waals surface area (Å²) in [6.45, 7) is 10.2. The molecule has 0 radical (unpaired) electrons. The van der Waals surface area contributed by atoms with Gasteiger partial charge in [0.2, 0.25) is 0 Å². The second-order valence-corrected chi connectivity index (χ2v) is 7.10. The molecule has 1 fully saturated rings. The summed E-state index contributed by atoms with van der Waals surface area (Å²) >= 11 is 6.24. The molecule has 112 valence electrons. The second-order valence-electron chi connectivity index (χ2n) is 6.67. The number of anilines is 1. The SMILES string of the molecule is CC(N)Cc1ccc(Cl)cc1N1CC(C)CC(C)C1C. The van der Waals surface area contributed by atoms with Crippen LogP contribution in [-0.2, 0) is 6.42 Å². The molecule has 1 aliphatic heterocycles. The number of halogens is 1. The van der Waals surface area contributed by atoms with E-state index < -0.39 is 0 Å². The molecular weight excluding hydrogens is 268 g/mol. The van der Waals surface area contributed by atoms with Crippen LogP contribution in [0.2, 0.25) is 5.02 Å². The normalized spacial score (nSPS) is 28.5. The third kappa shape index (κ3) is 3.48. The Kier molecular flexibility index (Phi) is 4.98. The van der Waals surface area contributed by atoms with Gasteiger partial charge >= 0.3 is 0 Å². The van der Waals surface area contributed by atoms with Gasteiger partial charge in [-0.05, 0) is 56.2 Å². The lowest BCUT2D eigenvalue weighted by Crippen LogP contribution is -2.46. The first-order chi connectivity index (χ1) is 9.38. The predicted molar refractivity (Wildman–Crippen MR) is 88.6 cm³/mol. The second kappa shape index (κ2) is 6.36. The van der Waals surface area contributed by atoms with E-state index in [1.807, 2.05) is 6.07 Å². The van der Waals surface area contributed by atoms with E-state index in [0.717, 1.165) is 23.9 Å². The number of hydrogen-bond donors (Lipinski definition) is 1. The lowest BCUT2D eigenvalue weighted by molar-refractivity contribution is 0.296. The van der Waals surface area contributed by atoms with Crippen molar-refractivity contribution in [1.29, 1.82) is 0 Å². The average Bonchev–Trinajstić information content (AvgIpc) is 2.35. The average molecular weight is 295 g/mol. The first-order valence-electron chi connectivity index (χ1n) is 7.69. The van der Waals surface area contributed by atoms with Gasteiger partial charge in [0, 0.05) is 29.3 Å². The van der Waals surface area contributed by atoms with Crippen molar-refractivity contribution in [1.82, 2.24) is 0 Å². The molecular formula is C17H27ClN2. The number of nitrogens with two attached hydrogens (primary N) is 1. The summed E-state index contributed by atoms with van der Waals surface area (Å²) in [5.74, 6) is 1.43. The summed E-state index contributed by atoms with van der Waals surface area (Å²) in [6.07, 6.45) is 2.21. The molecule has 1 saturated heterocycles. The highest BCUT2D eigenvalue weighted by atomic mass is 35.5. The van der Waals surface area contributed by atoms with Gasteiger partial charge in [-0.15, -0.1) is 0 Å². The van der Waals surface area contributed by atoms with E-state index in [-0.39, 0.29) is 6.04 Å². The molecule has 0 amide bonds. The van der Waals surface area contributed by atoms with Crippen LogP contribution in [0.4, 0.5) is 5.69 Å². The molecule has 1 aromatic carbocycles. The van der Waals surface area contributed by atoms with Crippen molar-refractivity contribution in [2.45, 2.75) is 52.6 Å². The van der Waals surface area contributed by atoms with Gasteiger partial charge in [0.15, 0.2) is 0 Å². The standard InChI is InChI=1S/C17H27ClN2/c1-11-7-12(2)14(4)20(10-11)17-9-16(18)6-5-15(17)8-13(3)19/h5-6,9,11-14H,7-8,10,19H2,1-4H3. The fourth-order valence-electron chi connectivity index (χ4n) is 3.36. The first-order valence-corrected chi connectivity index (χ1v) is 8.07. The Morgan fingerprint density at radius 2 is 2.05 bits per heavy atom. The van der Waals surface area contributed by atoms with Crippen molar-refractivity contribution in [2.24, 2.45) is 17.6 Å². The maximum Gasteiger partial charge on any atom is 0.0426 e. The van der Waals surface area contributed by atoms with Crippen LogP contribution < -0.4 is 10.6 Å². The van der Waals surface area contributed by atoms with Gasteiger partial charge in [0.05, 0.1) is 0 Å². The number of piperidine rings is 1. The van der Waals surface area contributed by atoms with Gasteiger partial charge in [0.25, 0.3) is 0 Å². The van der Waals surface area contributed by atoms with Crippen molar-refractivity contribution in [3.05, 3.63) is 28.8 Å². The zero-order valence-electron chi connectivity index (χ0n) is 13.1. The Morgan fingerprint density at radius 1 is 1.35 bits per heavy atom. The summed E-state index contributed by atoms with van der Waals surface area (Å²) in [4.78, 5) is 2.53. The van der Waals surface area contributed by atoms with E-state index in [0.29, 0.717) is 12.0 Å². The Balaban J connectivity index is 2.36. The molecule has 0 spiro atoms. The van der Waals surface area contributed by atoms with Crippen molar-refractivity contribution < 1.29 is 0 Å². The van der Waals surface area contributed by atoms with Gasteiger partial charge in [0.1, 0.15) is 0 Å². The van der Waals surface area contributed by atoms with Gasteiger partial charge in [-0.1, -0.05) is 31.5 Å². The van der Waals surface area contributed by atoms with E-state index >= 15 is 0 Å². The predicted octanol–water partition coefficient (Wildman–Crippen LogP) is 4.10. The van der Waals surface area contributed by atoms with Gasteiger partial charge < -0.3 is 10.6 Å². The molecule has 2 rings (SSSR count). The summed E-state index contributed by atoms with van der Waals surface area (Å²) in [7, 11) is 0. The van der Waals surface area contributed by atoms with E-state index in [1.165, 1.54) is 17.7 Å². The maximum absolute atomic E-state index is 6.24. The minimum Gasteiger partial charge on any atom is -0.368 e. The molecule has 0 aliphatic carbocycles. The van der Waals surface area contributed by atoms with E-state index in [9.17, 15) is 0 Å². The molecule has 2 N–H and O–H groups in total. The lowest BCUT2D eigenvalue weighted by Gasteiger charge is -2.43. The van der Waals surface area contributed by atoms with Crippen LogP contribution >= 0.6 is 11.6 Å². The smallest absolute Gasteiger partial charge is 0.0426 e. The Hall–Kier alpha value is -0.730. The van der Waals surface area contributed by atoms with E-state index in [2.05, 4.69) is 44.7 Å². The topological polar surface area (TPSA) is 29.3 Å². The highest BCUT2D eigenvalue weighted by Crippen LogP contribution is 2.35. The molecule has 1 aromatic rings. The fraction of sp³-hybridized carbons (Fsp3) is 0.647. The maximum atomic E-state index is 6.24. The number of nitrogens with zero attached hydrogens (tertiary/aromatic N) is 1. The van der Waals surface area contributed by atoms with Crippen molar-refractivity contribution in [2.75, 3.05) is 11.4 Å². The van der Waals surface area contributed by atoms with Gasteiger partial charge in [-0.3, -0.25) is 0 Å². The largest absolute Gasteiger partial charge is 0.368 e. The van der Waals surface area contributed by atoms with E-state index in [4.69, 9.17) is 17.3 Å². The van der Waals surface area contributed by atoms with Crippen LogP contribution in [0.15, 0.2) is 18.2 Å². The molecule has 0 saturated carbocycles. The molecule has 1 heterocycles. The van der Waals surface area contributed by atoms with Crippen molar-refractivity contribution in [3.8, 4) is 0 Å². The zero-order valence-corrected chi connectivity index (χ0v) is 13.8. The highest BCUT2D eigenvalue weighted by Gasteiger charge is 2.30. The number of benzene rings is 1. The van der Waals surface area contributed by atoms with E-state index in [1.54, 1.807) is 0 Å². The lowest BCUT2D eigenvalue weighted by atomic mass is 9.85. The third-order valence-electron chi connectivity index (χ3n) is 4.50. The zero-order chi connectivity index (χ0) is 14.9. The van der Waals surface area contributed by atoms with Crippen LogP contribution in [0, 0.1) is 11.8 Å². The Bertz CT molecular complexity index is 458. The quantitative estimate of drug-likeness (QED) is 0.909. The minimum atomic E-state index is 0.171. The molecule has 3 heteroatoms. The fourth-order valence-corrected chi connectivity index (χ4v) is 3.52. The summed E-state index contributed by atoms with van der Waals surface area (Å²) in [5.41, 5.74) is 8.59. The Morgan fingerprint density at radius 3 is 2.70 bits per heavy atom. The molecule has 2 nitrogen and oxygen atoms in total. The van der Waals surface area contributed by atoms with Crippen LogP contribution in [0.25, 0.3) is 0 Å². The molecule has 0 bridgehead atoms. The van der Waals surface area contributed by atoms with Gasteiger partial charge in [-0.25, -0.2) is 0 Å². The summed E-state index contributed by atoms with van der Waals surface area (Å²) in [6, 6.07) is 6.95. The van der Waals surface area contributed by atoms with Crippen LogP contribution in [-0.4, -0.2) is 18.6 Å². The number of rotatable bonds is 3. The third-order valence-corrected chi connectivity index (χ3v) is 4.73. The van der Waals surface area contributed by atoms with Crippen molar-refractivity contribution in [3.63, 3.8) is 0 Å². The summed E-state index contributed by atoms with van der Waals surface area (Å²) in [5, 5.41) is 0.812. The molecule has 0 aromatic heterocycles. The molecule has 4 unspecified atom stereocenters. The highest BCUT2D eigenvalue weighted by molar-refractivity contribution is 6.30. The van der Waals surface area contributed by atoms with Gasteiger partial charge in [-0.2, -0.15) is 0 Å². The first kappa shape index (κ1) is 15.7. The Labute approximate surface area is 128 Å². The summed E-state index contributed by atoms with van der Waals surface area (Å²) < 4.78 is 0. The molecule has 20 heavy (non-hydrogen) atoms. The van der Waals surface area contributed by atoms with Crippen LogP contribution in [0.3, 0.4) is 0 Å².